The molecule has 0 radical (unpaired) electrons. The number of rotatable bonds is 6. The number of anilines is 1. The van der Waals surface area contributed by atoms with Crippen molar-refractivity contribution < 1.29 is 14.3 Å². The highest BCUT2D eigenvalue weighted by Gasteiger charge is 2.09. The summed E-state index contributed by atoms with van der Waals surface area (Å²) in [6, 6.07) is 15.0. The molecule has 0 unspecified atom stereocenters. The van der Waals surface area contributed by atoms with E-state index in [1.807, 2.05) is 16.8 Å². The number of nitrogens with zero attached hydrogens (tertiary/aromatic N) is 1. The van der Waals surface area contributed by atoms with Crippen LogP contribution in [0.25, 0.3) is 10.9 Å². The Morgan fingerprint density at radius 2 is 1.81 bits per heavy atom. The number of hydrogen-bond donors (Lipinski definition) is 1. The Labute approximate surface area is 152 Å². The molecule has 3 aromatic rings. The van der Waals surface area contributed by atoms with E-state index in [2.05, 4.69) is 30.4 Å². The summed E-state index contributed by atoms with van der Waals surface area (Å²) >= 11 is 0. The second-order valence-corrected chi connectivity index (χ2v) is 6.04. The normalized spacial score (nSPS) is 10.7. The van der Waals surface area contributed by atoms with Crippen LogP contribution in [0.15, 0.2) is 54.7 Å². The third-order valence-corrected chi connectivity index (χ3v) is 4.24. The van der Waals surface area contributed by atoms with Crippen molar-refractivity contribution in [2.75, 3.05) is 11.9 Å². The molecule has 0 fully saturated rings. The fourth-order valence-electron chi connectivity index (χ4n) is 2.87. The van der Waals surface area contributed by atoms with Gasteiger partial charge in [-0.25, -0.2) is 4.79 Å². The quantitative estimate of drug-likeness (QED) is 0.683. The van der Waals surface area contributed by atoms with E-state index in [9.17, 15) is 9.59 Å². The predicted molar refractivity (Wildman–Crippen MR) is 102 cm³/mol. The number of nitrogens with one attached hydrogen (secondary N) is 1. The van der Waals surface area contributed by atoms with Gasteiger partial charge in [0.15, 0.2) is 0 Å². The van der Waals surface area contributed by atoms with Crippen LogP contribution >= 0.6 is 0 Å². The van der Waals surface area contributed by atoms with Crippen LogP contribution in [0, 0.1) is 0 Å². The Morgan fingerprint density at radius 3 is 2.50 bits per heavy atom. The van der Waals surface area contributed by atoms with Crippen molar-refractivity contribution in [2.24, 2.45) is 0 Å². The molecular formula is C21H22N2O3. The van der Waals surface area contributed by atoms with Crippen molar-refractivity contribution in [3.05, 3.63) is 65.9 Å². The first-order valence-corrected chi connectivity index (χ1v) is 8.75. The Hall–Kier alpha value is -3.08. The summed E-state index contributed by atoms with van der Waals surface area (Å²) in [7, 11) is 0. The van der Waals surface area contributed by atoms with Gasteiger partial charge in [0.1, 0.15) is 6.54 Å². The number of esters is 1. The molecule has 0 spiro atoms. The maximum atomic E-state index is 12.3. The van der Waals surface area contributed by atoms with Gasteiger partial charge in [0.2, 0.25) is 5.91 Å². The highest BCUT2D eigenvalue weighted by Crippen LogP contribution is 2.18. The fourth-order valence-corrected chi connectivity index (χ4v) is 2.87. The lowest BCUT2D eigenvalue weighted by atomic mass is 10.1. The summed E-state index contributed by atoms with van der Waals surface area (Å²) in [5.74, 6) is -0.485. The van der Waals surface area contributed by atoms with E-state index < -0.39 is 0 Å². The van der Waals surface area contributed by atoms with Crippen LogP contribution < -0.4 is 5.32 Å². The Bertz CT molecular complexity index is 926. The molecule has 3 rings (SSSR count). The number of amides is 1. The standard InChI is InChI=1S/C21H22N2O3/c1-3-15-5-10-19-17(13-15)11-12-23(19)14-20(24)22-18-8-6-16(7-9-18)21(25)26-4-2/h5-13H,3-4,14H2,1-2H3,(H,22,24). The summed E-state index contributed by atoms with van der Waals surface area (Å²) in [6.45, 7) is 4.45. The van der Waals surface area contributed by atoms with Gasteiger partial charge in [0.25, 0.3) is 0 Å². The molecule has 26 heavy (non-hydrogen) atoms. The maximum Gasteiger partial charge on any atom is 0.338 e. The molecule has 0 aliphatic carbocycles. The smallest absolute Gasteiger partial charge is 0.338 e. The number of carbonyl (C=O) groups excluding carboxylic acids is 2. The monoisotopic (exact) mass is 350 g/mol. The zero-order valence-corrected chi connectivity index (χ0v) is 15.0. The molecule has 1 amide bonds. The van der Waals surface area contributed by atoms with Crippen LogP contribution in [0.4, 0.5) is 5.69 Å². The third kappa shape index (κ3) is 3.94. The average molecular weight is 350 g/mol. The highest BCUT2D eigenvalue weighted by molar-refractivity contribution is 5.93. The molecule has 134 valence electrons. The van der Waals surface area contributed by atoms with Gasteiger partial charge in [0, 0.05) is 17.4 Å². The second kappa shape index (κ2) is 7.87. The van der Waals surface area contributed by atoms with E-state index in [4.69, 9.17) is 4.74 Å². The van der Waals surface area contributed by atoms with Gasteiger partial charge in [-0.1, -0.05) is 13.0 Å². The van der Waals surface area contributed by atoms with Gasteiger partial charge in [0.05, 0.1) is 12.2 Å². The molecule has 1 N–H and O–H groups in total. The predicted octanol–water partition coefficient (Wildman–Crippen LogP) is 4.02. The van der Waals surface area contributed by atoms with E-state index >= 15 is 0 Å². The summed E-state index contributed by atoms with van der Waals surface area (Å²) in [6.07, 6.45) is 2.91. The van der Waals surface area contributed by atoms with Crippen molar-refractivity contribution in [3.63, 3.8) is 0 Å². The lowest BCUT2D eigenvalue weighted by molar-refractivity contribution is -0.116. The van der Waals surface area contributed by atoms with Crippen molar-refractivity contribution in [1.29, 1.82) is 0 Å². The van der Waals surface area contributed by atoms with Gasteiger partial charge in [-0.05, 0) is 66.8 Å². The SMILES string of the molecule is CCOC(=O)c1ccc(NC(=O)Cn2ccc3cc(CC)ccc32)cc1. The molecule has 0 bridgehead atoms. The van der Waals surface area contributed by atoms with Gasteiger partial charge in [-0.2, -0.15) is 0 Å². The van der Waals surface area contributed by atoms with Gasteiger partial charge in [-0.3, -0.25) is 4.79 Å². The number of benzene rings is 2. The minimum absolute atomic E-state index is 0.119. The molecule has 5 heteroatoms. The zero-order valence-electron chi connectivity index (χ0n) is 15.0. The van der Waals surface area contributed by atoms with Crippen molar-refractivity contribution in [3.8, 4) is 0 Å². The molecule has 1 aromatic heterocycles. The fraction of sp³-hybridized carbons (Fsp3) is 0.238. The molecule has 0 aliphatic rings. The molecule has 5 nitrogen and oxygen atoms in total. The van der Waals surface area contributed by atoms with Crippen LogP contribution in [0.3, 0.4) is 0 Å². The number of hydrogen-bond acceptors (Lipinski definition) is 3. The van der Waals surface area contributed by atoms with Crippen LogP contribution in [-0.4, -0.2) is 23.1 Å². The van der Waals surface area contributed by atoms with Crippen LogP contribution in [0.5, 0.6) is 0 Å². The van der Waals surface area contributed by atoms with Gasteiger partial charge < -0.3 is 14.6 Å². The maximum absolute atomic E-state index is 12.3. The first-order chi connectivity index (χ1) is 12.6. The van der Waals surface area contributed by atoms with E-state index in [1.54, 1.807) is 31.2 Å². The summed E-state index contributed by atoms with van der Waals surface area (Å²) in [5.41, 5.74) is 3.43. The molecule has 0 atom stereocenters. The highest BCUT2D eigenvalue weighted by atomic mass is 16.5. The van der Waals surface area contributed by atoms with Crippen molar-refractivity contribution >= 4 is 28.5 Å². The number of fused-ring (bicyclic) bond motifs is 1. The molecule has 2 aromatic carbocycles. The minimum Gasteiger partial charge on any atom is -0.462 e. The van der Waals surface area contributed by atoms with Crippen LogP contribution in [0.1, 0.15) is 29.8 Å². The Kier molecular flexibility index (Phi) is 5.37. The van der Waals surface area contributed by atoms with Crippen molar-refractivity contribution in [2.45, 2.75) is 26.8 Å². The van der Waals surface area contributed by atoms with Crippen LogP contribution in [0.2, 0.25) is 0 Å². The number of carbonyl (C=O) groups is 2. The summed E-state index contributed by atoms with van der Waals surface area (Å²) in [5, 5.41) is 3.99. The first-order valence-electron chi connectivity index (χ1n) is 8.75. The largest absolute Gasteiger partial charge is 0.462 e. The average Bonchev–Trinajstić information content (AvgIpc) is 3.04. The zero-order chi connectivity index (χ0) is 18.5. The van der Waals surface area contributed by atoms with Crippen molar-refractivity contribution in [1.82, 2.24) is 4.57 Å². The van der Waals surface area contributed by atoms with E-state index in [1.165, 1.54) is 5.56 Å². The number of ether oxygens (including phenoxy) is 1. The Balaban J connectivity index is 1.66. The first kappa shape index (κ1) is 17.7. The molecule has 0 saturated carbocycles. The number of aryl methyl sites for hydroxylation is 1. The lowest BCUT2D eigenvalue weighted by Crippen LogP contribution is -2.18. The molecule has 1 heterocycles. The topological polar surface area (TPSA) is 60.3 Å². The molecule has 0 saturated heterocycles. The van der Waals surface area contributed by atoms with E-state index in [0.717, 1.165) is 17.3 Å². The summed E-state index contributed by atoms with van der Waals surface area (Å²) < 4.78 is 6.87. The lowest BCUT2D eigenvalue weighted by Gasteiger charge is -2.08. The molecular weight excluding hydrogens is 328 g/mol. The molecule has 0 aliphatic heterocycles. The van der Waals surface area contributed by atoms with E-state index in [0.29, 0.717) is 17.9 Å². The second-order valence-electron chi connectivity index (χ2n) is 6.04. The van der Waals surface area contributed by atoms with Gasteiger partial charge >= 0.3 is 5.97 Å². The Morgan fingerprint density at radius 1 is 1.04 bits per heavy atom. The van der Waals surface area contributed by atoms with Gasteiger partial charge in [-0.15, -0.1) is 0 Å². The third-order valence-electron chi connectivity index (χ3n) is 4.24. The number of aromatic nitrogens is 1. The van der Waals surface area contributed by atoms with E-state index in [-0.39, 0.29) is 18.4 Å². The van der Waals surface area contributed by atoms with Crippen LogP contribution in [-0.2, 0) is 22.5 Å². The summed E-state index contributed by atoms with van der Waals surface area (Å²) in [4.78, 5) is 24.0. The minimum atomic E-state index is -0.365.